The zero-order chi connectivity index (χ0) is 19.0. The van der Waals surface area contributed by atoms with E-state index < -0.39 is 6.23 Å². The van der Waals surface area contributed by atoms with Crippen LogP contribution in [0.1, 0.15) is 22.1 Å². The molecule has 1 atom stereocenters. The molecule has 6 heteroatoms. The molecule has 140 valence electrons. The van der Waals surface area contributed by atoms with Gasteiger partial charge < -0.3 is 25.8 Å². The van der Waals surface area contributed by atoms with E-state index in [1.165, 1.54) is 4.90 Å². The van der Waals surface area contributed by atoms with Crippen molar-refractivity contribution in [2.24, 2.45) is 5.73 Å². The van der Waals surface area contributed by atoms with Crippen molar-refractivity contribution in [2.75, 3.05) is 33.3 Å². The van der Waals surface area contributed by atoms with Crippen LogP contribution in [0.2, 0.25) is 0 Å². The number of nitrogens with zero attached hydrogens (tertiary/aromatic N) is 1. The Morgan fingerprint density at radius 3 is 2.78 bits per heavy atom. The topological polar surface area (TPSA) is 87.8 Å². The summed E-state index contributed by atoms with van der Waals surface area (Å²) in [6.45, 7) is 2.17. The molecule has 1 unspecified atom stereocenters. The molecule has 1 heterocycles. The molecule has 0 spiro atoms. The molecule has 1 amide bonds. The van der Waals surface area contributed by atoms with E-state index in [2.05, 4.69) is 5.32 Å². The molecule has 0 saturated carbocycles. The molecule has 3 aromatic rings. The SMILES string of the molecule is COc1ccc2c3c(c4ccccc4cc13)C(O)N(CCNCCN)C2=O. The first-order chi connectivity index (χ1) is 13.2. The van der Waals surface area contributed by atoms with Crippen LogP contribution in [0.15, 0.2) is 42.5 Å². The van der Waals surface area contributed by atoms with Crippen LogP contribution in [0, 0.1) is 0 Å². The first kappa shape index (κ1) is 17.7. The molecule has 3 aromatic carbocycles. The summed E-state index contributed by atoms with van der Waals surface area (Å²) in [7, 11) is 1.61. The molecule has 0 fully saturated rings. The second-order valence-corrected chi connectivity index (χ2v) is 6.66. The zero-order valence-corrected chi connectivity index (χ0v) is 15.2. The number of hydrogen-bond acceptors (Lipinski definition) is 5. The molecule has 27 heavy (non-hydrogen) atoms. The molecule has 0 radical (unpaired) electrons. The van der Waals surface area contributed by atoms with Gasteiger partial charge in [0, 0.05) is 48.1 Å². The summed E-state index contributed by atoms with van der Waals surface area (Å²) in [6, 6.07) is 13.5. The van der Waals surface area contributed by atoms with E-state index in [1.54, 1.807) is 13.2 Å². The predicted molar refractivity (Wildman–Crippen MR) is 106 cm³/mol. The largest absolute Gasteiger partial charge is 0.496 e. The smallest absolute Gasteiger partial charge is 0.256 e. The van der Waals surface area contributed by atoms with E-state index >= 15 is 0 Å². The van der Waals surface area contributed by atoms with E-state index in [-0.39, 0.29) is 5.91 Å². The van der Waals surface area contributed by atoms with Crippen LogP contribution >= 0.6 is 0 Å². The number of carbonyl (C=O) groups is 1. The van der Waals surface area contributed by atoms with Gasteiger partial charge in [-0.05, 0) is 29.0 Å². The molecule has 0 bridgehead atoms. The Labute approximate surface area is 157 Å². The van der Waals surface area contributed by atoms with Crippen molar-refractivity contribution < 1.29 is 14.6 Å². The van der Waals surface area contributed by atoms with Gasteiger partial charge in [-0.3, -0.25) is 4.79 Å². The molecular formula is C21H23N3O3. The number of amides is 1. The van der Waals surface area contributed by atoms with Crippen LogP contribution in [-0.2, 0) is 0 Å². The fourth-order valence-corrected chi connectivity index (χ4v) is 3.89. The molecule has 1 aliphatic rings. The van der Waals surface area contributed by atoms with Gasteiger partial charge in [-0.2, -0.15) is 0 Å². The summed E-state index contributed by atoms with van der Waals surface area (Å²) in [4.78, 5) is 14.6. The first-order valence-electron chi connectivity index (χ1n) is 9.09. The standard InChI is InChI=1S/C21H23N3O3/c1-27-17-7-6-15-18-16(17)12-13-4-2-3-5-14(13)19(18)21(26)24(20(15)25)11-10-23-9-8-22/h2-7,12,21,23,26H,8-11,22H2,1H3. The maximum absolute atomic E-state index is 13.1. The van der Waals surface area contributed by atoms with Gasteiger partial charge in [0.25, 0.3) is 5.91 Å². The highest BCUT2D eigenvalue weighted by Crippen LogP contribution is 2.43. The number of aliphatic hydroxyl groups excluding tert-OH is 1. The maximum atomic E-state index is 13.1. The Balaban J connectivity index is 1.91. The Morgan fingerprint density at radius 1 is 1.19 bits per heavy atom. The van der Waals surface area contributed by atoms with Crippen LogP contribution in [-0.4, -0.2) is 49.2 Å². The summed E-state index contributed by atoms with van der Waals surface area (Å²) in [5.74, 6) is 0.520. The highest BCUT2D eigenvalue weighted by atomic mass is 16.5. The van der Waals surface area contributed by atoms with Gasteiger partial charge in [0.2, 0.25) is 0 Å². The lowest BCUT2D eigenvalue weighted by molar-refractivity contribution is 0.00628. The minimum Gasteiger partial charge on any atom is -0.496 e. The Kier molecular flexibility index (Phi) is 4.70. The average molecular weight is 365 g/mol. The number of aliphatic hydroxyl groups is 1. The highest BCUT2D eigenvalue weighted by molar-refractivity contribution is 6.16. The molecule has 0 saturated heterocycles. The molecule has 0 aromatic heterocycles. The monoisotopic (exact) mass is 365 g/mol. The van der Waals surface area contributed by atoms with Crippen molar-refractivity contribution in [3.8, 4) is 5.75 Å². The van der Waals surface area contributed by atoms with Crippen molar-refractivity contribution in [1.82, 2.24) is 10.2 Å². The number of nitrogens with one attached hydrogen (secondary N) is 1. The number of ether oxygens (including phenoxy) is 1. The molecule has 4 rings (SSSR count). The van der Waals surface area contributed by atoms with E-state index in [0.717, 1.165) is 27.1 Å². The minimum absolute atomic E-state index is 0.174. The van der Waals surface area contributed by atoms with Gasteiger partial charge >= 0.3 is 0 Å². The minimum atomic E-state index is -1.01. The Morgan fingerprint density at radius 2 is 2.00 bits per heavy atom. The summed E-state index contributed by atoms with van der Waals surface area (Å²) < 4.78 is 5.52. The van der Waals surface area contributed by atoms with Crippen molar-refractivity contribution in [3.63, 3.8) is 0 Å². The summed E-state index contributed by atoms with van der Waals surface area (Å²) in [6.07, 6.45) is -1.01. The number of hydrogen-bond donors (Lipinski definition) is 3. The van der Waals surface area contributed by atoms with Gasteiger partial charge in [0.05, 0.1) is 7.11 Å². The lowest BCUT2D eigenvalue weighted by Crippen LogP contribution is -2.42. The van der Waals surface area contributed by atoms with Crippen LogP contribution < -0.4 is 15.8 Å². The summed E-state index contributed by atoms with van der Waals surface area (Å²) in [5.41, 5.74) is 6.85. The van der Waals surface area contributed by atoms with Crippen molar-refractivity contribution in [2.45, 2.75) is 6.23 Å². The number of carbonyl (C=O) groups excluding carboxylic acids is 1. The van der Waals surface area contributed by atoms with E-state index in [1.807, 2.05) is 36.4 Å². The fourth-order valence-electron chi connectivity index (χ4n) is 3.89. The molecule has 1 aliphatic heterocycles. The van der Waals surface area contributed by atoms with Crippen molar-refractivity contribution in [3.05, 3.63) is 53.6 Å². The lowest BCUT2D eigenvalue weighted by Gasteiger charge is -2.35. The second kappa shape index (κ2) is 7.15. The Hall–Kier alpha value is -2.67. The van der Waals surface area contributed by atoms with Gasteiger partial charge in [0.15, 0.2) is 6.23 Å². The van der Waals surface area contributed by atoms with E-state index in [9.17, 15) is 9.90 Å². The summed E-state index contributed by atoms with van der Waals surface area (Å²) >= 11 is 0. The third kappa shape index (κ3) is 2.82. The maximum Gasteiger partial charge on any atom is 0.256 e. The third-order valence-corrected chi connectivity index (χ3v) is 5.14. The molecule has 4 N–H and O–H groups in total. The second-order valence-electron chi connectivity index (χ2n) is 6.66. The number of benzene rings is 3. The molecular weight excluding hydrogens is 342 g/mol. The van der Waals surface area contributed by atoms with Gasteiger partial charge in [-0.25, -0.2) is 0 Å². The van der Waals surface area contributed by atoms with Gasteiger partial charge in [-0.15, -0.1) is 0 Å². The lowest BCUT2D eigenvalue weighted by atomic mass is 9.88. The van der Waals surface area contributed by atoms with Crippen LogP contribution in [0.4, 0.5) is 0 Å². The average Bonchev–Trinajstić information content (AvgIpc) is 2.69. The third-order valence-electron chi connectivity index (χ3n) is 5.14. The van der Waals surface area contributed by atoms with E-state index in [0.29, 0.717) is 37.5 Å². The first-order valence-corrected chi connectivity index (χ1v) is 9.09. The Bertz CT molecular complexity index is 1020. The molecule has 6 nitrogen and oxygen atoms in total. The fraction of sp³-hybridized carbons (Fsp3) is 0.286. The number of methoxy groups -OCH3 is 1. The normalized spacial score (nSPS) is 16.3. The van der Waals surface area contributed by atoms with E-state index in [4.69, 9.17) is 10.5 Å². The molecule has 0 aliphatic carbocycles. The van der Waals surface area contributed by atoms with Crippen LogP contribution in [0.25, 0.3) is 21.5 Å². The predicted octanol–water partition coefficient (Wildman–Crippen LogP) is 2.00. The zero-order valence-electron chi connectivity index (χ0n) is 15.2. The summed E-state index contributed by atoms with van der Waals surface area (Å²) in [5, 5.41) is 17.9. The quantitative estimate of drug-likeness (QED) is 0.459. The highest BCUT2D eigenvalue weighted by Gasteiger charge is 2.34. The van der Waals surface area contributed by atoms with Crippen molar-refractivity contribution in [1.29, 1.82) is 0 Å². The number of rotatable bonds is 6. The number of fused-ring (bicyclic) bond motifs is 2. The van der Waals surface area contributed by atoms with Gasteiger partial charge in [-0.1, -0.05) is 24.3 Å². The van der Waals surface area contributed by atoms with Crippen LogP contribution in [0.3, 0.4) is 0 Å². The van der Waals surface area contributed by atoms with Crippen molar-refractivity contribution >= 4 is 27.5 Å². The van der Waals surface area contributed by atoms with Gasteiger partial charge in [0.1, 0.15) is 5.75 Å². The number of nitrogens with two attached hydrogens (primary N) is 1. The van der Waals surface area contributed by atoms with Crippen LogP contribution in [0.5, 0.6) is 5.75 Å².